The highest BCUT2D eigenvalue weighted by Crippen LogP contribution is 2.40. The van der Waals surface area contributed by atoms with Crippen LogP contribution in [0.25, 0.3) is 0 Å². The first kappa shape index (κ1) is 20.5. The van der Waals surface area contributed by atoms with E-state index in [9.17, 15) is 0 Å². The zero-order chi connectivity index (χ0) is 19.9. The van der Waals surface area contributed by atoms with Crippen LogP contribution in [0.3, 0.4) is 0 Å². The van der Waals surface area contributed by atoms with Crippen molar-refractivity contribution in [3.05, 3.63) is 53.6 Å². The lowest BCUT2D eigenvalue weighted by Crippen LogP contribution is -2.12. The van der Waals surface area contributed by atoms with Gasteiger partial charge in [-0.3, -0.25) is 0 Å². The van der Waals surface area contributed by atoms with E-state index < -0.39 is 0 Å². The molecule has 28 heavy (non-hydrogen) atoms. The van der Waals surface area contributed by atoms with Crippen molar-refractivity contribution in [3.8, 4) is 11.5 Å². The molecule has 1 aliphatic carbocycles. The summed E-state index contributed by atoms with van der Waals surface area (Å²) < 4.78 is 11.7. The standard InChI is InChI=1S/C17H17NO2.C7H17N/c1-11-8-12-4-2-3-5-14(12)17(11)20-13-6-7-16-15(9-13)18-10-19-16;1-3-5-7(4-2)6-8/h2-7,9,11,17-18H,8,10H2,1H3;7H,3-6,8H2,1-2H3/t11-,17?;/m1./s1. The third-order valence-electron chi connectivity index (χ3n) is 5.73. The summed E-state index contributed by atoms with van der Waals surface area (Å²) in [7, 11) is 0. The van der Waals surface area contributed by atoms with E-state index in [0.29, 0.717) is 12.6 Å². The van der Waals surface area contributed by atoms with Crippen LogP contribution >= 0.6 is 0 Å². The van der Waals surface area contributed by atoms with Crippen LogP contribution in [-0.4, -0.2) is 13.3 Å². The Morgan fingerprint density at radius 1 is 1.21 bits per heavy atom. The topological polar surface area (TPSA) is 56.5 Å². The number of nitrogens with two attached hydrogens (primary N) is 1. The minimum Gasteiger partial charge on any atom is -0.485 e. The lowest BCUT2D eigenvalue weighted by molar-refractivity contribution is 0.159. The van der Waals surface area contributed by atoms with Gasteiger partial charge in [-0.25, -0.2) is 0 Å². The Labute approximate surface area is 169 Å². The van der Waals surface area contributed by atoms with E-state index >= 15 is 0 Å². The Morgan fingerprint density at radius 2 is 2.04 bits per heavy atom. The van der Waals surface area contributed by atoms with E-state index in [0.717, 1.165) is 36.1 Å². The molecule has 2 aromatic carbocycles. The smallest absolute Gasteiger partial charge is 0.159 e. The predicted octanol–water partition coefficient (Wildman–Crippen LogP) is 5.53. The molecule has 1 aliphatic heterocycles. The van der Waals surface area contributed by atoms with E-state index in [1.54, 1.807) is 0 Å². The summed E-state index contributed by atoms with van der Waals surface area (Å²) in [4.78, 5) is 0. The molecule has 2 aliphatic rings. The molecule has 152 valence electrons. The third-order valence-corrected chi connectivity index (χ3v) is 5.73. The number of rotatable bonds is 6. The van der Waals surface area contributed by atoms with Crippen LogP contribution in [0.1, 0.15) is 57.3 Å². The molecular formula is C24H34N2O2. The van der Waals surface area contributed by atoms with Crippen LogP contribution in [-0.2, 0) is 6.42 Å². The lowest BCUT2D eigenvalue weighted by Gasteiger charge is -2.19. The molecule has 0 amide bonds. The number of fused-ring (bicyclic) bond motifs is 2. The van der Waals surface area contributed by atoms with Gasteiger partial charge in [0.05, 0.1) is 5.69 Å². The van der Waals surface area contributed by atoms with Gasteiger partial charge in [0.1, 0.15) is 17.6 Å². The van der Waals surface area contributed by atoms with Crippen molar-refractivity contribution in [2.24, 2.45) is 17.6 Å². The number of ether oxygens (including phenoxy) is 2. The van der Waals surface area contributed by atoms with Crippen molar-refractivity contribution in [1.29, 1.82) is 0 Å². The molecule has 0 radical (unpaired) electrons. The van der Waals surface area contributed by atoms with Gasteiger partial charge in [0, 0.05) is 12.0 Å². The summed E-state index contributed by atoms with van der Waals surface area (Å²) in [5.74, 6) is 3.08. The van der Waals surface area contributed by atoms with Gasteiger partial charge >= 0.3 is 0 Å². The van der Waals surface area contributed by atoms with Gasteiger partial charge < -0.3 is 20.5 Å². The Morgan fingerprint density at radius 3 is 2.75 bits per heavy atom. The van der Waals surface area contributed by atoms with Crippen molar-refractivity contribution in [3.63, 3.8) is 0 Å². The highest BCUT2D eigenvalue weighted by molar-refractivity contribution is 5.62. The molecule has 4 nitrogen and oxygen atoms in total. The third kappa shape index (κ3) is 4.79. The average Bonchev–Trinajstić information content (AvgIpc) is 3.31. The van der Waals surface area contributed by atoms with E-state index in [1.807, 2.05) is 18.2 Å². The Balaban J connectivity index is 0.000000242. The minimum absolute atomic E-state index is 0.145. The first-order valence-corrected chi connectivity index (χ1v) is 10.6. The Kier molecular flexibility index (Phi) is 7.21. The predicted molar refractivity (Wildman–Crippen MR) is 116 cm³/mol. The van der Waals surface area contributed by atoms with Gasteiger partial charge in [-0.2, -0.15) is 0 Å². The van der Waals surface area contributed by atoms with Crippen molar-refractivity contribution in [2.75, 3.05) is 18.6 Å². The van der Waals surface area contributed by atoms with Crippen molar-refractivity contribution in [1.82, 2.24) is 0 Å². The molecule has 3 N–H and O–H groups in total. The molecule has 3 atom stereocenters. The van der Waals surface area contributed by atoms with E-state index in [2.05, 4.69) is 50.4 Å². The monoisotopic (exact) mass is 382 g/mol. The lowest BCUT2D eigenvalue weighted by atomic mass is 10.0. The summed E-state index contributed by atoms with van der Waals surface area (Å²) in [5.41, 5.74) is 9.22. The fourth-order valence-electron chi connectivity index (χ4n) is 4.02. The fraction of sp³-hybridized carbons (Fsp3) is 0.500. The van der Waals surface area contributed by atoms with Gasteiger partial charge in [-0.15, -0.1) is 0 Å². The zero-order valence-electron chi connectivity index (χ0n) is 17.4. The summed E-state index contributed by atoms with van der Waals surface area (Å²) >= 11 is 0. The summed E-state index contributed by atoms with van der Waals surface area (Å²) in [6, 6.07) is 14.5. The van der Waals surface area contributed by atoms with Gasteiger partial charge in [0.2, 0.25) is 0 Å². The van der Waals surface area contributed by atoms with Gasteiger partial charge in [-0.1, -0.05) is 57.9 Å². The second-order valence-corrected chi connectivity index (χ2v) is 7.84. The molecule has 0 aromatic heterocycles. The maximum absolute atomic E-state index is 6.24. The second kappa shape index (κ2) is 9.83. The summed E-state index contributed by atoms with van der Waals surface area (Å²) in [6.07, 6.45) is 5.05. The molecule has 0 saturated heterocycles. The Hall–Kier alpha value is -2.20. The quantitative estimate of drug-likeness (QED) is 0.689. The number of hydrogen-bond donors (Lipinski definition) is 2. The molecule has 0 saturated carbocycles. The van der Waals surface area contributed by atoms with E-state index in [4.69, 9.17) is 15.2 Å². The molecule has 4 rings (SSSR count). The minimum atomic E-state index is 0.145. The van der Waals surface area contributed by atoms with Crippen molar-refractivity contribution < 1.29 is 9.47 Å². The highest BCUT2D eigenvalue weighted by Gasteiger charge is 2.31. The van der Waals surface area contributed by atoms with Crippen LogP contribution in [0, 0.1) is 11.8 Å². The first-order chi connectivity index (χ1) is 13.7. The van der Waals surface area contributed by atoms with Gasteiger partial charge in [-0.05, 0) is 48.6 Å². The average molecular weight is 383 g/mol. The highest BCUT2D eigenvalue weighted by atomic mass is 16.5. The number of hydrogen-bond acceptors (Lipinski definition) is 4. The van der Waals surface area contributed by atoms with Crippen LogP contribution < -0.4 is 20.5 Å². The number of benzene rings is 2. The normalized spacial score (nSPS) is 20.1. The maximum atomic E-state index is 6.24. The second-order valence-electron chi connectivity index (χ2n) is 7.84. The van der Waals surface area contributed by atoms with Crippen LogP contribution in [0.4, 0.5) is 5.69 Å². The zero-order valence-corrected chi connectivity index (χ0v) is 17.4. The van der Waals surface area contributed by atoms with Crippen LogP contribution in [0.5, 0.6) is 11.5 Å². The molecule has 1 heterocycles. The molecule has 2 unspecified atom stereocenters. The molecule has 4 heteroatoms. The van der Waals surface area contributed by atoms with Gasteiger partial charge in [0.15, 0.2) is 6.73 Å². The Bertz CT molecular complexity index is 758. The van der Waals surface area contributed by atoms with Crippen molar-refractivity contribution in [2.45, 2.75) is 52.6 Å². The molecule has 0 bridgehead atoms. The summed E-state index contributed by atoms with van der Waals surface area (Å²) in [6.45, 7) is 8.07. The SMILES string of the molecule is CCCC(CC)CN.C[C@@H]1Cc2ccccc2C1Oc1ccc2c(c1)NCO2. The fourth-order valence-corrected chi connectivity index (χ4v) is 4.02. The first-order valence-electron chi connectivity index (χ1n) is 10.6. The maximum Gasteiger partial charge on any atom is 0.159 e. The van der Waals surface area contributed by atoms with Crippen LogP contribution in [0.15, 0.2) is 42.5 Å². The molecule has 0 fully saturated rings. The van der Waals surface area contributed by atoms with Crippen LogP contribution in [0.2, 0.25) is 0 Å². The number of anilines is 1. The molecular weight excluding hydrogens is 348 g/mol. The number of nitrogens with one attached hydrogen (secondary N) is 1. The molecule has 0 spiro atoms. The largest absolute Gasteiger partial charge is 0.485 e. The molecule has 2 aromatic rings. The van der Waals surface area contributed by atoms with Gasteiger partial charge in [0.25, 0.3) is 0 Å². The van der Waals surface area contributed by atoms with E-state index in [1.165, 1.54) is 30.4 Å². The van der Waals surface area contributed by atoms with E-state index in [-0.39, 0.29) is 6.10 Å². The summed E-state index contributed by atoms with van der Waals surface area (Å²) in [5, 5.41) is 3.19. The van der Waals surface area contributed by atoms with Crippen molar-refractivity contribution >= 4 is 5.69 Å².